The molecular formula is C45H60F6O8. The van der Waals surface area contributed by atoms with Gasteiger partial charge in [0.15, 0.2) is 0 Å². The number of ether oxygens (including phenoxy) is 3. The SMILES string of the molecule is CC(=O)O[C@H]1C[C@@]2(C)[C@H](C[C@@H](O)[C@@H]3[C@@]4(C)CC[C@@H](O)[C@@H](C)C4CC[C@@]32C)C1=C(CCC(=C(C)C)c1cc(C(F)(F)F)cc(C(F)(F)F)c1)C(=O)OCOC(=O)C(C)(C)C. The van der Waals surface area contributed by atoms with E-state index in [0.717, 1.165) is 6.42 Å². The number of fused-ring (bicyclic) bond motifs is 5. The number of carbonyl (C=O) groups excluding carboxylic acids is 3. The number of aliphatic hydroxyl groups is 2. The lowest BCUT2D eigenvalue weighted by Gasteiger charge is -2.69. The van der Waals surface area contributed by atoms with Gasteiger partial charge in [0.25, 0.3) is 0 Å². The van der Waals surface area contributed by atoms with E-state index in [4.69, 9.17) is 14.2 Å². The van der Waals surface area contributed by atoms with Crippen molar-refractivity contribution >= 4 is 23.5 Å². The van der Waals surface area contributed by atoms with E-state index in [0.29, 0.717) is 42.5 Å². The van der Waals surface area contributed by atoms with Crippen LogP contribution in [0.3, 0.4) is 0 Å². The molecule has 0 aromatic heterocycles. The molecule has 2 N–H and O–H groups in total. The third-order valence-electron chi connectivity index (χ3n) is 14.8. The van der Waals surface area contributed by atoms with Gasteiger partial charge >= 0.3 is 30.3 Å². The van der Waals surface area contributed by atoms with Gasteiger partial charge in [-0.2, -0.15) is 26.3 Å². The maximum absolute atomic E-state index is 14.4. The Bertz CT molecular complexity index is 1840. The van der Waals surface area contributed by atoms with E-state index in [2.05, 4.69) is 27.7 Å². The predicted octanol–water partition coefficient (Wildman–Crippen LogP) is 10.2. The fourth-order valence-corrected chi connectivity index (χ4v) is 11.8. The van der Waals surface area contributed by atoms with Crippen molar-refractivity contribution in [2.24, 2.45) is 45.3 Å². The second kappa shape index (κ2) is 16.1. The lowest BCUT2D eigenvalue weighted by molar-refractivity contribution is -0.234. The molecule has 4 fully saturated rings. The van der Waals surface area contributed by atoms with Crippen molar-refractivity contribution in [3.8, 4) is 0 Å². The van der Waals surface area contributed by atoms with Gasteiger partial charge in [0.2, 0.25) is 6.79 Å². The highest BCUT2D eigenvalue weighted by Crippen LogP contribution is 2.74. The molecule has 1 aromatic carbocycles. The van der Waals surface area contributed by atoms with Crippen LogP contribution in [0, 0.1) is 45.3 Å². The number of rotatable bonds is 8. The van der Waals surface area contributed by atoms with Gasteiger partial charge < -0.3 is 24.4 Å². The molecule has 59 heavy (non-hydrogen) atoms. The van der Waals surface area contributed by atoms with Crippen LogP contribution in [-0.4, -0.2) is 53.2 Å². The molecule has 0 radical (unpaired) electrons. The molecule has 4 aliphatic rings. The van der Waals surface area contributed by atoms with Gasteiger partial charge in [-0.3, -0.25) is 9.59 Å². The Kier molecular flexibility index (Phi) is 12.8. The standard InChI is InChI=1S/C45H60F6O8/c1-23(2)29(26-17-27(44(46,47)48)19-28(18-26)45(49,50)51)11-12-30(38(55)57-22-58-39(56)40(5,6)7)36-32-20-34(54)37-41(8)15-14-33(53)24(3)31(41)13-16-42(37,9)43(32,10)21-35(36)59-25(4)52/h17-19,24,31-35,37,53-54H,11-16,20-22H2,1-10H3/t24-,31?,32+,33+,34+,35-,37+,41-,42-,43-/m0/s1. The highest BCUT2D eigenvalue weighted by atomic mass is 19.4. The van der Waals surface area contributed by atoms with E-state index < -0.39 is 88.7 Å². The van der Waals surface area contributed by atoms with Crippen LogP contribution in [0.2, 0.25) is 0 Å². The Hall–Kier alpha value is -3.39. The number of benzene rings is 1. The third kappa shape index (κ3) is 8.73. The van der Waals surface area contributed by atoms with Gasteiger partial charge in [0.05, 0.1) is 28.7 Å². The zero-order chi connectivity index (χ0) is 44.4. The van der Waals surface area contributed by atoms with Crippen molar-refractivity contribution in [1.29, 1.82) is 0 Å². The zero-order valence-electron chi connectivity index (χ0n) is 35.7. The smallest absolute Gasteiger partial charge is 0.416 e. The molecule has 4 aliphatic carbocycles. The van der Waals surface area contributed by atoms with E-state index in [9.17, 15) is 50.9 Å². The summed E-state index contributed by atoms with van der Waals surface area (Å²) in [6.07, 6.45) is -9.73. The first-order chi connectivity index (χ1) is 27.0. The first-order valence-electron chi connectivity index (χ1n) is 20.5. The second-order valence-corrected chi connectivity index (χ2v) is 19.5. The summed E-state index contributed by atoms with van der Waals surface area (Å²) in [4.78, 5) is 39.8. The molecule has 1 aromatic rings. The molecule has 0 amide bonds. The van der Waals surface area contributed by atoms with E-state index in [1.165, 1.54) is 6.92 Å². The predicted molar refractivity (Wildman–Crippen MR) is 207 cm³/mol. The molecular weight excluding hydrogens is 782 g/mol. The molecule has 0 aliphatic heterocycles. The Morgan fingerprint density at radius 2 is 1.41 bits per heavy atom. The summed E-state index contributed by atoms with van der Waals surface area (Å²) in [5.74, 6) is -2.86. The van der Waals surface area contributed by atoms with E-state index in [-0.39, 0.29) is 71.6 Å². The van der Waals surface area contributed by atoms with Gasteiger partial charge in [0, 0.05) is 12.5 Å². The molecule has 5 rings (SSSR count). The van der Waals surface area contributed by atoms with Gasteiger partial charge in [-0.25, -0.2) is 4.79 Å². The molecule has 8 nitrogen and oxygen atoms in total. The average Bonchev–Trinajstić information content (AvgIpc) is 3.37. The minimum atomic E-state index is -5.09. The quantitative estimate of drug-likeness (QED) is 0.115. The fourth-order valence-electron chi connectivity index (χ4n) is 11.8. The number of hydrogen-bond acceptors (Lipinski definition) is 8. The van der Waals surface area contributed by atoms with Crippen LogP contribution >= 0.6 is 0 Å². The first kappa shape index (κ1) is 46.7. The number of alkyl halides is 6. The third-order valence-corrected chi connectivity index (χ3v) is 14.8. The molecule has 0 bridgehead atoms. The first-order valence-corrected chi connectivity index (χ1v) is 20.5. The monoisotopic (exact) mass is 842 g/mol. The Balaban J connectivity index is 1.65. The molecule has 14 heteroatoms. The summed E-state index contributed by atoms with van der Waals surface area (Å²) >= 11 is 0. The van der Waals surface area contributed by atoms with Crippen molar-refractivity contribution in [1.82, 2.24) is 0 Å². The second-order valence-electron chi connectivity index (χ2n) is 19.5. The molecule has 4 saturated carbocycles. The maximum Gasteiger partial charge on any atom is 0.416 e. The number of esters is 3. The topological polar surface area (TPSA) is 119 Å². The minimum Gasteiger partial charge on any atom is -0.458 e. The summed E-state index contributed by atoms with van der Waals surface area (Å²) in [6, 6.07) is 1.37. The molecule has 330 valence electrons. The molecule has 0 heterocycles. The number of carbonyl (C=O) groups is 3. The van der Waals surface area contributed by atoms with Gasteiger partial charge in [-0.1, -0.05) is 33.3 Å². The zero-order valence-corrected chi connectivity index (χ0v) is 35.7. The van der Waals surface area contributed by atoms with E-state index in [1.54, 1.807) is 34.6 Å². The molecule has 1 unspecified atom stereocenters. The van der Waals surface area contributed by atoms with Crippen LogP contribution in [0.15, 0.2) is 34.9 Å². The summed E-state index contributed by atoms with van der Waals surface area (Å²) < 4.78 is 101. The minimum absolute atomic E-state index is 0.0119. The highest BCUT2D eigenvalue weighted by Gasteiger charge is 2.71. The molecule has 0 spiro atoms. The van der Waals surface area contributed by atoms with E-state index >= 15 is 0 Å². The van der Waals surface area contributed by atoms with Gasteiger partial charge in [-0.15, -0.1) is 0 Å². The van der Waals surface area contributed by atoms with E-state index in [1.807, 2.05) is 0 Å². The summed E-state index contributed by atoms with van der Waals surface area (Å²) in [5, 5.41) is 23.2. The van der Waals surface area contributed by atoms with Crippen molar-refractivity contribution < 1.29 is 65.1 Å². The summed E-state index contributed by atoms with van der Waals surface area (Å²) in [7, 11) is 0. The van der Waals surface area contributed by atoms with Gasteiger partial charge in [0.1, 0.15) is 6.10 Å². The number of allylic oxidation sites excluding steroid dienone is 2. The summed E-state index contributed by atoms with van der Waals surface area (Å²) in [6.45, 7) is 16.9. The van der Waals surface area contributed by atoms with Crippen LogP contribution in [0.5, 0.6) is 0 Å². The molecule has 0 saturated heterocycles. The average molecular weight is 843 g/mol. The van der Waals surface area contributed by atoms with Crippen molar-refractivity contribution in [2.75, 3.05) is 6.79 Å². The fraction of sp³-hybridized carbons (Fsp3) is 0.711. The van der Waals surface area contributed by atoms with Crippen molar-refractivity contribution in [2.45, 2.75) is 151 Å². The van der Waals surface area contributed by atoms with Crippen LogP contribution in [0.4, 0.5) is 26.3 Å². The lowest BCUT2D eigenvalue weighted by Crippen LogP contribution is -2.65. The number of hydrogen-bond donors (Lipinski definition) is 2. The van der Waals surface area contributed by atoms with Crippen LogP contribution in [-0.2, 0) is 40.9 Å². The Morgan fingerprint density at radius 3 is 1.93 bits per heavy atom. The largest absolute Gasteiger partial charge is 0.458 e. The Labute approximate surface area is 343 Å². The Morgan fingerprint density at radius 1 is 0.814 bits per heavy atom. The summed E-state index contributed by atoms with van der Waals surface area (Å²) in [5.41, 5.74) is -4.89. The van der Waals surface area contributed by atoms with Crippen molar-refractivity contribution in [3.63, 3.8) is 0 Å². The normalized spacial score (nSPS) is 34.2. The highest BCUT2D eigenvalue weighted by molar-refractivity contribution is 5.90. The lowest BCUT2D eigenvalue weighted by atomic mass is 9.36. The number of halogens is 6. The van der Waals surface area contributed by atoms with Crippen molar-refractivity contribution in [3.05, 3.63) is 51.6 Å². The maximum atomic E-state index is 14.4. The number of aliphatic hydroxyl groups excluding tert-OH is 2. The van der Waals surface area contributed by atoms with Gasteiger partial charge in [-0.05, 0) is 161 Å². The molecule has 10 atom stereocenters. The van der Waals surface area contributed by atoms with Crippen LogP contribution in [0.1, 0.15) is 137 Å². The van der Waals surface area contributed by atoms with Crippen LogP contribution in [0.25, 0.3) is 5.57 Å². The van der Waals surface area contributed by atoms with Crippen LogP contribution < -0.4 is 0 Å².